The number of fused-ring (bicyclic) bond motifs is 2. The molecule has 2 aromatic carbocycles. The van der Waals surface area contributed by atoms with Crippen molar-refractivity contribution in [1.29, 1.82) is 0 Å². The maximum atomic E-state index is 12.7. The number of carbonyl (C=O) groups excluding carboxylic acids is 1. The van der Waals surface area contributed by atoms with Crippen LogP contribution in [0.4, 0.5) is 5.69 Å². The molecule has 1 amide bonds. The molecule has 0 radical (unpaired) electrons. The minimum atomic E-state index is -0.486. The third kappa shape index (κ3) is 2.74. The van der Waals surface area contributed by atoms with E-state index in [9.17, 15) is 9.59 Å². The number of nitrogens with zero attached hydrogens (tertiary/aromatic N) is 3. The number of hydrogen-bond acceptors (Lipinski definition) is 3. The summed E-state index contributed by atoms with van der Waals surface area (Å²) >= 11 is 0. The van der Waals surface area contributed by atoms with Crippen LogP contribution in [-0.4, -0.2) is 22.5 Å². The Labute approximate surface area is 158 Å². The zero-order valence-corrected chi connectivity index (χ0v) is 16.1. The van der Waals surface area contributed by atoms with E-state index in [0.717, 1.165) is 27.9 Å². The van der Waals surface area contributed by atoms with Crippen LogP contribution in [-0.2, 0) is 23.2 Å². The molecule has 5 heteroatoms. The summed E-state index contributed by atoms with van der Waals surface area (Å²) in [6, 6.07) is 11.9. The van der Waals surface area contributed by atoms with Crippen molar-refractivity contribution in [1.82, 2.24) is 9.55 Å². The Kier molecular flexibility index (Phi) is 3.91. The summed E-state index contributed by atoms with van der Waals surface area (Å²) in [6.45, 7) is 6.46. The molecule has 0 unspecified atom stereocenters. The molecule has 0 N–H and O–H groups in total. The van der Waals surface area contributed by atoms with Gasteiger partial charge in [-0.25, -0.2) is 4.98 Å². The molecule has 5 nitrogen and oxygen atoms in total. The lowest BCUT2D eigenvalue weighted by atomic mass is 9.86. The van der Waals surface area contributed by atoms with Crippen LogP contribution in [0.5, 0.6) is 0 Å². The number of amides is 1. The summed E-state index contributed by atoms with van der Waals surface area (Å²) in [5.74, 6) is 0.111. The highest BCUT2D eigenvalue weighted by atomic mass is 16.2. The molecular formula is C22H23N3O2. The van der Waals surface area contributed by atoms with E-state index >= 15 is 0 Å². The molecular weight excluding hydrogens is 338 g/mol. The Morgan fingerprint density at radius 3 is 2.63 bits per heavy atom. The van der Waals surface area contributed by atoms with Crippen molar-refractivity contribution in [2.45, 2.75) is 39.2 Å². The molecule has 0 spiro atoms. The van der Waals surface area contributed by atoms with E-state index in [1.54, 1.807) is 15.8 Å². The fourth-order valence-corrected chi connectivity index (χ4v) is 3.86. The van der Waals surface area contributed by atoms with E-state index in [1.807, 2.05) is 52.1 Å². The normalized spacial score (nSPS) is 15.4. The number of benzene rings is 2. The molecule has 0 atom stereocenters. The Hall–Kier alpha value is -2.95. The second-order valence-corrected chi connectivity index (χ2v) is 7.85. The van der Waals surface area contributed by atoms with Crippen LogP contribution >= 0.6 is 0 Å². The Morgan fingerprint density at radius 1 is 1.07 bits per heavy atom. The third-order valence-corrected chi connectivity index (χ3v) is 5.56. The topological polar surface area (TPSA) is 55.2 Å². The fourth-order valence-electron chi connectivity index (χ4n) is 3.86. The van der Waals surface area contributed by atoms with E-state index in [2.05, 4.69) is 17.1 Å². The Morgan fingerprint density at radius 2 is 1.85 bits per heavy atom. The van der Waals surface area contributed by atoms with E-state index in [0.29, 0.717) is 18.4 Å². The molecule has 0 bridgehead atoms. The van der Waals surface area contributed by atoms with Gasteiger partial charge in [0.25, 0.3) is 5.56 Å². The molecule has 138 valence electrons. The number of anilines is 1. The summed E-state index contributed by atoms with van der Waals surface area (Å²) in [4.78, 5) is 31.3. The Bertz CT molecular complexity index is 1130. The number of rotatable bonds is 3. The van der Waals surface area contributed by atoms with Crippen LogP contribution in [0.15, 0.2) is 47.5 Å². The molecule has 1 aliphatic heterocycles. The van der Waals surface area contributed by atoms with Gasteiger partial charge in [0.1, 0.15) is 0 Å². The van der Waals surface area contributed by atoms with Crippen molar-refractivity contribution in [3.8, 4) is 0 Å². The van der Waals surface area contributed by atoms with Gasteiger partial charge < -0.3 is 4.90 Å². The quantitative estimate of drug-likeness (QED) is 0.720. The average molecular weight is 361 g/mol. The maximum absolute atomic E-state index is 12.7. The summed E-state index contributed by atoms with van der Waals surface area (Å²) in [5.41, 5.74) is 4.43. The van der Waals surface area contributed by atoms with Gasteiger partial charge in [-0.05, 0) is 62.1 Å². The standard InChI is InChI=1S/C22H23N3O2/c1-14-5-7-16-18(11-14)23-13-25(20(16)26)10-9-15-6-8-17-19(12-15)24(4)21(27)22(17,2)3/h5-8,11-13H,9-10H2,1-4H3. The minimum Gasteiger partial charge on any atom is -0.314 e. The lowest BCUT2D eigenvalue weighted by molar-refractivity contribution is -0.121. The molecule has 0 aliphatic carbocycles. The smallest absolute Gasteiger partial charge is 0.261 e. The molecule has 27 heavy (non-hydrogen) atoms. The first-order valence-electron chi connectivity index (χ1n) is 9.16. The van der Waals surface area contributed by atoms with Crippen molar-refractivity contribution in [2.24, 2.45) is 0 Å². The van der Waals surface area contributed by atoms with Crippen molar-refractivity contribution in [2.75, 3.05) is 11.9 Å². The van der Waals surface area contributed by atoms with Crippen LogP contribution < -0.4 is 10.5 Å². The van der Waals surface area contributed by atoms with Gasteiger partial charge in [0.05, 0.1) is 22.6 Å². The molecule has 1 aromatic heterocycles. The average Bonchev–Trinajstić information content (AvgIpc) is 2.81. The summed E-state index contributed by atoms with van der Waals surface area (Å²) in [5, 5.41) is 0.643. The molecule has 1 aliphatic rings. The van der Waals surface area contributed by atoms with Gasteiger partial charge in [0.2, 0.25) is 5.91 Å². The predicted octanol–water partition coefficient (Wildman–Crippen LogP) is 3.20. The van der Waals surface area contributed by atoms with Gasteiger partial charge in [-0.15, -0.1) is 0 Å². The molecule has 4 rings (SSSR count). The lowest BCUT2D eigenvalue weighted by Crippen LogP contribution is -2.33. The van der Waals surface area contributed by atoms with Crippen LogP contribution in [0.1, 0.15) is 30.5 Å². The van der Waals surface area contributed by atoms with Crippen LogP contribution in [0, 0.1) is 6.92 Å². The van der Waals surface area contributed by atoms with E-state index < -0.39 is 5.41 Å². The fraction of sp³-hybridized carbons (Fsp3) is 0.318. The molecule has 3 aromatic rings. The van der Waals surface area contributed by atoms with Gasteiger partial charge in [-0.2, -0.15) is 0 Å². The van der Waals surface area contributed by atoms with Gasteiger partial charge in [0, 0.05) is 19.3 Å². The molecule has 0 fully saturated rings. The van der Waals surface area contributed by atoms with Gasteiger partial charge in [0.15, 0.2) is 0 Å². The van der Waals surface area contributed by atoms with Crippen molar-refractivity contribution in [3.63, 3.8) is 0 Å². The van der Waals surface area contributed by atoms with Gasteiger partial charge in [-0.3, -0.25) is 14.2 Å². The van der Waals surface area contributed by atoms with Gasteiger partial charge >= 0.3 is 0 Å². The second-order valence-electron chi connectivity index (χ2n) is 7.85. The number of aromatic nitrogens is 2. The largest absolute Gasteiger partial charge is 0.314 e. The van der Waals surface area contributed by atoms with Crippen molar-refractivity contribution < 1.29 is 4.79 Å². The van der Waals surface area contributed by atoms with Crippen LogP contribution in [0.25, 0.3) is 10.9 Å². The summed E-state index contributed by atoms with van der Waals surface area (Å²) in [6.07, 6.45) is 2.32. The van der Waals surface area contributed by atoms with Crippen molar-refractivity contribution >= 4 is 22.5 Å². The van der Waals surface area contributed by atoms with E-state index in [1.165, 1.54) is 0 Å². The molecule has 0 saturated heterocycles. The minimum absolute atomic E-state index is 0.0189. The first kappa shape index (κ1) is 17.5. The van der Waals surface area contributed by atoms with E-state index in [-0.39, 0.29) is 11.5 Å². The highest BCUT2D eigenvalue weighted by Gasteiger charge is 2.41. The van der Waals surface area contributed by atoms with Gasteiger partial charge in [-0.1, -0.05) is 18.2 Å². The zero-order valence-electron chi connectivity index (χ0n) is 16.1. The highest BCUT2D eigenvalue weighted by molar-refractivity contribution is 6.07. The lowest BCUT2D eigenvalue weighted by Gasteiger charge is -2.16. The predicted molar refractivity (Wildman–Crippen MR) is 107 cm³/mol. The molecule has 2 heterocycles. The first-order valence-corrected chi connectivity index (χ1v) is 9.16. The maximum Gasteiger partial charge on any atom is 0.261 e. The number of hydrogen-bond donors (Lipinski definition) is 0. The summed E-state index contributed by atoms with van der Waals surface area (Å²) < 4.78 is 1.66. The summed E-state index contributed by atoms with van der Waals surface area (Å²) in [7, 11) is 1.82. The van der Waals surface area contributed by atoms with E-state index in [4.69, 9.17) is 0 Å². The van der Waals surface area contributed by atoms with Crippen LogP contribution in [0.3, 0.4) is 0 Å². The van der Waals surface area contributed by atoms with Crippen LogP contribution in [0.2, 0.25) is 0 Å². The SMILES string of the molecule is Cc1ccc2c(=O)n(CCc3ccc4c(c3)N(C)C(=O)C4(C)C)cnc2c1. The number of likely N-dealkylation sites (N-methyl/N-ethyl adjacent to an activating group) is 1. The second kappa shape index (κ2) is 6.05. The zero-order chi connectivity index (χ0) is 19.3. The number of aryl methyl sites for hydroxylation is 3. The Balaban J connectivity index is 1.61. The molecule has 0 saturated carbocycles. The monoisotopic (exact) mass is 361 g/mol. The first-order chi connectivity index (χ1) is 12.8. The van der Waals surface area contributed by atoms with Crippen molar-refractivity contribution in [3.05, 3.63) is 69.8 Å². The number of carbonyl (C=O) groups is 1. The highest BCUT2D eigenvalue weighted by Crippen LogP contribution is 2.41. The third-order valence-electron chi connectivity index (χ3n) is 5.56.